The van der Waals surface area contributed by atoms with Crippen LogP contribution in [0.3, 0.4) is 0 Å². The maximum absolute atomic E-state index is 13.6. The molecule has 0 atom stereocenters. The lowest BCUT2D eigenvalue weighted by Gasteiger charge is -1.98. The number of primary amides is 1. The van der Waals surface area contributed by atoms with E-state index in [0.29, 0.717) is 17.1 Å². The van der Waals surface area contributed by atoms with E-state index in [2.05, 4.69) is 5.32 Å². The van der Waals surface area contributed by atoms with Crippen LogP contribution in [0.2, 0.25) is 0 Å². The minimum atomic E-state index is -0.628. The Kier molecular flexibility index (Phi) is 4.50. The number of benzene rings is 1. The van der Waals surface area contributed by atoms with Crippen molar-refractivity contribution >= 4 is 17.9 Å². The summed E-state index contributed by atoms with van der Waals surface area (Å²) >= 11 is 0. The van der Waals surface area contributed by atoms with E-state index in [0.717, 1.165) is 0 Å². The lowest BCUT2D eigenvalue weighted by Crippen LogP contribution is -2.32. The van der Waals surface area contributed by atoms with Crippen molar-refractivity contribution < 1.29 is 18.4 Å². The summed E-state index contributed by atoms with van der Waals surface area (Å²) in [5.74, 6) is -0.733. The van der Waals surface area contributed by atoms with Crippen LogP contribution in [0.1, 0.15) is 5.76 Å². The monoisotopic (exact) mass is 288 g/mol. The smallest absolute Gasteiger partial charge is 0.244 e. The van der Waals surface area contributed by atoms with E-state index in [4.69, 9.17) is 10.2 Å². The van der Waals surface area contributed by atoms with Gasteiger partial charge in [-0.15, -0.1) is 0 Å². The normalized spacial score (nSPS) is 10.7. The van der Waals surface area contributed by atoms with Crippen molar-refractivity contribution in [1.29, 1.82) is 0 Å². The van der Waals surface area contributed by atoms with Gasteiger partial charge in [0.25, 0.3) is 0 Å². The number of nitrogens with two attached hydrogens (primary N) is 1. The molecule has 2 rings (SSSR count). The largest absolute Gasteiger partial charge is 0.457 e. The van der Waals surface area contributed by atoms with E-state index in [1.807, 2.05) is 0 Å². The summed E-state index contributed by atoms with van der Waals surface area (Å²) in [4.78, 5) is 21.8. The van der Waals surface area contributed by atoms with Gasteiger partial charge in [-0.3, -0.25) is 9.59 Å². The summed E-state index contributed by atoms with van der Waals surface area (Å²) in [6, 6.07) is 9.45. The molecule has 0 aliphatic heterocycles. The van der Waals surface area contributed by atoms with Gasteiger partial charge in [-0.2, -0.15) is 0 Å². The third kappa shape index (κ3) is 4.04. The number of nitrogens with one attached hydrogen (secondary N) is 1. The van der Waals surface area contributed by atoms with Gasteiger partial charge in [0.1, 0.15) is 17.3 Å². The molecule has 5 nitrogen and oxygen atoms in total. The fourth-order valence-corrected chi connectivity index (χ4v) is 1.64. The summed E-state index contributed by atoms with van der Waals surface area (Å²) in [7, 11) is 0. The highest BCUT2D eigenvalue weighted by Crippen LogP contribution is 2.25. The average Bonchev–Trinajstić information content (AvgIpc) is 2.92. The number of carbonyl (C=O) groups is 2. The Hall–Kier alpha value is -2.89. The van der Waals surface area contributed by atoms with Gasteiger partial charge in [-0.25, -0.2) is 4.39 Å². The van der Waals surface area contributed by atoms with Crippen LogP contribution >= 0.6 is 0 Å². The number of rotatable bonds is 5. The Morgan fingerprint density at radius 1 is 1.24 bits per heavy atom. The van der Waals surface area contributed by atoms with E-state index in [-0.39, 0.29) is 12.4 Å². The molecular weight excluding hydrogens is 275 g/mol. The van der Waals surface area contributed by atoms with Crippen LogP contribution in [0.15, 0.2) is 46.9 Å². The predicted octanol–water partition coefficient (Wildman–Crippen LogP) is 1.70. The van der Waals surface area contributed by atoms with Crippen LogP contribution in [0.25, 0.3) is 17.4 Å². The van der Waals surface area contributed by atoms with Crippen LogP contribution in [0, 0.1) is 5.82 Å². The Morgan fingerprint density at radius 2 is 2.00 bits per heavy atom. The number of amides is 2. The predicted molar refractivity (Wildman–Crippen MR) is 75.3 cm³/mol. The second kappa shape index (κ2) is 6.51. The third-order valence-corrected chi connectivity index (χ3v) is 2.60. The summed E-state index contributed by atoms with van der Waals surface area (Å²) < 4.78 is 19.0. The van der Waals surface area contributed by atoms with Gasteiger partial charge in [-0.1, -0.05) is 12.1 Å². The van der Waals surface area contributed by atoms with Crippen LogP contribution in [0.5, 0.6) is 0 Å². The molecule has 0 saturated carbocycles. The SMILES string of the molecule is NC(=O)CNC(=O)/C=C/c1ccc(-c2ccccc2F)o1. The van der Waals surface area contributed by atoms with Gasteiger partial charge >= 0.3 is 0 Å². The highest BCUT2D eigenvalue weighted by atomic mass is 19.1. The molecule has 21 heavy (non-hydrogen) atoms. The quantitative estimate of drug-likeness (QED) is 0.821. The molecule has 1 aromatic carbocycles. The van der Waals surface area contributed by atoms with Crippen molar-refractivity contribution in [2.45, 2.75) is 0 Å². The van der Waals surface area contributed by atoms with Crippen LogP contribution in [0.4, 0.5) is 4.39 Å². The number of hydrogen-bond acceptors (Lipinski definition) is 3. The molecule has 0 saturated heterocycles. The van der Waals surface area contributed by atoms with Gasteiger partial charge in [0, 0.05) is 6.08 Å². The highest BCUT2D eigenvalue weighted by molar-refractivity contribution is 5.93. The highest BCUT2D eigenvalue weighted by Gasteiger charge is 2.08. The third-order valence-electron chi connectivity index (χ3n) is 2.60. The van der Waals surface area contributed by atoms with Gasteiger partial charge in [0.05, 0.1) is 12.1 Å². The standard InChI is InChI=1S/C15H13FN2O3/c16-12-4-2-1-3-11(12)13-7-5-10(21-13)6-8-15(20)18-9-14(17)19/h1-8H,9H2,(H2,17,19)(H,18,20)/b8-6+. The van der Waals surface area contributed by atoms with E-state index in [1.54, 1.807) is 30.3 Å². The number of carbonyl (C=O) groups excluding carboxylic acids is 2. The first-order chi connectivity index (χ1) is 10.1. The van der Waals surface area contributed by atoms with Crippen molar-refractivity contribution in [1.82, 2.24) is 5.32 Å². The molecule has 0 aliphatic rings. The Labute approximate surface area is 120 Å². The van der Waals surface area contributed by atoms with E-state index >= 15 is 0 Å². The molecule has 0 spiro atoms. The van der Waals surface area contributed by atoms with Crippen molar-refractivity contribution in [3.8, 4) is 11.3 Å². The maximum Gasteiger partial charge on any atom is 0.244 e. The summed E-state index contributed by atoms with van der Waals surface area (Å²) in [6.07, 6.45) is 2.62. The number of hydrogen-bond donors (Lipinski definition) is 2. The minimum absolute atomic E-state index is 0.234. The molecule has 0 aliphatic carbocycles. The molecule has 3 N–H and O–H groups in total. The maximum atomic E-state index is 13.6. The zero-order valence-corrected chi connectivity index (χ0v) is 11.0. The van der Waals surface area contributed by atoms with Gasteiger partial charge in [-0.05, 0) is 30.3 Å². The molecule has 6 heteroatoms. The second-order valence-electron chi connectivity index (χ2n) is 4.20. The van der Waals surface area contributed by atoms with E-state index in [1.165, 1.54) is 18.2 Å². The minimum Gasteiger partial charge on any atom is -0.457 e. The van der Waals surface area contributed by atoms with Crippen LogP contribution < -0.4 is 11.1 Å². The first kappa shape index (κ1) is 14.5. The molecule has 2 amide bonds. The molecule has 1 heterocycles. The van der Waals surface area contributed by atoms with Crippen LogP contribution in [-0.2, 0) is 9.59 Å². The molecule has 0 unspecified atom stereocenters. The van der Waals surface area contributed by atoms with E-state index < -0.39 is 11.8 Å². The molecule has 2 aromatic rings. The summed E-state index contributed by atoms with van der Waals surface area (Å²) in [6.45, 7) is -0.234. The first-order valence-electron chi connectivity index (χ1n) is 6.15. The van der Waals surface area contributed by atoms with Crippen molar-refractivity contribution in [3.05, 3.63) is 54.1 Å². The Morgan fingerprint density at radius 3 is 2.71 bits per heavy atom. The van der Waals surface area contributed by atoms with Crippen LogP contribution in [-0.4, -0.2) is 18.4 Å². The fraction of sp³-hybridized carbons (Fsp3) is 0.0667. The molecule has 108 valence electrons. The van der Waals surface area contributed by atoms with Gasteiger partial charge in [0.15, 0.2) is 0 Å². The molecule has 0 bridgehead atoms. The fourth-order valence-electron chi connectivity index (χ4n) is 1.64. The van der Waals surface area contributed by atoms with Gasteiger partial charge in [0.2, 0.25) is 11.8 Å². The van der Waals surface area contributed by atoms with Crippen molar-refractivity contribution in [2.24, 2.45) is 5.73 Å². The first-order valence-corrected chi connectivity index (χ1v) is 6.15. The van der Waals surface area contributed by atoms with Crippen molar-refractivity contribution in [3.63, 3.8) is 0 Å². The van der Waals surface area contributed by atoms with E-state index in [9.17, 15) is 14.0 Å². The second-order valence-corrected chi connectivity index (χ2v) is 4.20. The van der Waals surface area contributed by atoms with Crippen molar-refractivity contribution in [2.75, 3.05) is 6.54 Å². The lowest BCUT2D eigenvalue weighted by molar-refractivity contribution is -0.122. The molecule has 0 fully saturated rings. The number of halogens is 1. The average molecular weight is 288 g/mol. The molecular formula is C15H13FN2O3. The number of furan rings is 1. The molecule has 1 aromatic heterocycles. The zero-order valence-electron chi connectivity index (χ0n) is 11.0. The molecule has 0 radical (unpaired) electrons. The Bertz CT molecular complexity index is 692. The van der Waals surface area contributed by atoms with Gasteiger partial charge < -0.3 is 15.5 Å². The summed E-state index contributed by atoms with van der Waals surface area (Å²) in [5.41, 5.74) is 5.24. The lowest BCUT2D eigenvalue weighted by atomic mass is 10.1. The summed E-state index contributed by atoms with van der Waals surface area (Å²) in [5, 5.41) is 2.30. The topological polar surface area (TPSA) is 85.3 Å². The zero-order chi connectivity index (χ0) is 15.2. The Balaban J connectivity index is 2.05.